The Hall–Kier alpha value is -1.93. The summed E-state index contributed by atoms with van der Waals surface area (Å²) in [5, 5.41) is 2.73. The van der Waals surface area contributed by atoms with Crippen LogP contribution in [0.2, 0.25) is 5.15 Å². The summed E-state index contributed by atoms with van der Waals surface area (Å²) >= 11 is 5.76. The first-order valence-corrected chi connectivity index (χ1v) is 6.03. The monoisotopic (exact) mass is 281 g/mol. The van der Waals surface area contributed by atoms with Crippen LogP contribution in [0, 0.1) is 11.8 Å². The van der Waals surface area contributed by atoms with Gasteiger partial charge in [0.2, 0.25) is 0 Å². The van der Waals surface area contributed by atoms with E-state index in [2.05, 4.69) is 22.1 Å². The maximum absolute atomic E-state index is 11.3. The molecule has 1 aromatic rings. The maximum atomic E-state index is 11.3. The lowest BCUT2D eigenvalue weighted by Gasteiger charge is -2.18. The van der Waals surface area contributed by atoms with Crippen LogP contribution in [0.1, 0.15) is 26.5 Å². The van der Waals surface area contributed by atoms with Crippen LogP contribution in [0.3, 0.4) is 0 Å². The molecule has 19 heavy (non-hydrogen) atoms. The van der Waals surface area contributed by atoms with Crippen LogP contribution in [-0.4, -0.2) is 23.2 Å². The normalized spacial score (nSPS) is 10.3. The first-order chi connectivity index (χ1) is 8.78. The molecule has 102 valence electrons. The van der Waals surface area contributed by atoms with Crippen molar-refractivity contribution in [2.75, 3.05) is 12.3 Å². The molecule has 0 saturated heterocycles. The Morgan fingerprint density at radius 2 is 2.21 bits per heavy atom. The number of nitrogens with two attached hydrogens (primary N) is 1. The zero-order valence-electron chi connectivity index (χ0n) is 11.1. The summed E-state index contributed by atoms with van der Waals surface area (Å²) in [7, 11) is 0. The van der Waals surface area contributed by atoms with E-state index in [9.17, 15) is 4.79 Å². The van der Waals surface area contributed by atoms with Gasteiger partial charge >= 0.3 is 6.09 Å². The molecule has 1 aromatic heterocycles. The van der Waals surface area contributed by atoms with Gasteiger partial charge in [0.25, 0.3) is 0 Å². The van der Waals surface area contributed by atoms with Gasteiger partial charge in [0.1, 0.15) is 11.3 Å². The van der Waals surface area contributed by atoms with Crippen LogP contribution in [0.4, 0.5) is 10.5 Å². The predicted octanol–water partition coefficient (Wildman–Crippen LogP) is 2.19. The molecule has 1 amide bonds. The molecule has 5 nitrogen and oxygen atoms in total. The molecule has 0 aliphatic rings. The van der Waals surface area contributed by atoms with E-state index in [0.29, 0.717) is 11.4 Å². The molecule has 0 fully saturated rings. The largest absolute Gasteiger partial charge is 0.444 e. The van der Waals surface area contributed by atoms with Gasteiger partial charge in [-0.15, -0.1) is 0 Å². The molecule has 0 aliphatic carbocycles. The minimum atomic E-state index is -0.524. The van der Waals surface area contributed by atoms with Crippen molar-refractivity contribution in [2.24, 2.45) is 0 Å². The molecular formula is C13H16ClN3O2. The Morgan fingerprint density at radius 1 is 1.53 bits per heavy atom. The van der Waals surface area contributed by atoms with Crippen LogP contribution in [0.5, 0.6) is 0 Å². The Labute approximate surface area is 117 Å². The summed E-state index contributed by atoms with van der Waals surface area (Å²) in [6, 6.07) is 3.28. The molecule has 1 rings (SSSR count). The van der Waals surface area contributed by atoms with Gasteiger partial charge in [-0.1, -0.05) is 17.5 Å². The van der Waals surface area contributed by atoms with Crippen molar-refractivity contribution in [3.05, 3.63) is 23.0 Å². The van der Waals surface area contributed by atoms with Gasteiger partial charge in [-0.2, -0.15) is 0 Å². The van der Waals surface area contributed by atoms with Crippen LogP contribution >= 0.6 is 11.6 Å². The lowest BCUT2D eigenvalue weighted by molar-refractivity contribution is 0.0535. The van der Waals surface area contributed by atoms with E-state index < -0.39 is 11.7 Å². The fraction of sp³-hybridized carbons (Fsp3) is 0.385. The average Bonchev–Trinajstić information content (AvgIpc) is 2.27. The van der Waals surface area contributed by atoms with Gasteiger partial charge < -0.3 is 15.8 Å². The lowest BCUT2D eigenvalue weighted by atomic mass is 10.2. The third kappa shape index (κ3) is 5.98. The Kier molecular flexibility index (Phi) is 5.02. The smallest absolute Gasteiger partial charge is 0.408 e. The SMILES string of the molecule is CC(C)(C)OC(=O)NCC#Cc1ccc(N)c(Cl)n1. The van der Waals surface area contributed by atoms with Crippen LogP contribution < -0.4 is 11.1 Å². The number of amides is 1. The Bertz CT molecular complexity index is 527. The Balaban J connectivity index is 2.47. The van der Waals surface area contributed by atoms with Crippen molar-refractivity contribution in [1.82, 2.24) is 10.3 Å². The number of ether oxygens (including phenoxy) is 1. The molecule has 1 heterocycles. The highest BCUT2D eigenvalue weighted by Crippen LogP contribution is 2.14. The molecule has 0 spiro atoms. The van der Waals surface area contributed by atoms with Crippen molar-refractivity contribution in [1.29, 1.82) is 0 Å². The second-order valence-electron chi connectivity index (χ2n) is 4.73. The maximum Gasteiger partial charge on any atom is 0.408 e. The summed E-state index contributed by atoms with van der Waals surface area (Å²) in [6.07, 6.45) is -0.509. The van der Waals surface area contributed by atoms with Crippen molar-refractivity contribution >= 4 is 23.4 Å². The third-order valence-electron chi connectivity index (χ3n) is 1.81. The van der Waals surface area contributed by atoms with E-state index in [1.54, 1.807) is 32.9 Å². The molecule has 0 radical (unpaired) electrons. The summed E-state index contributed by atoms with van der Waals surface area (Å²) in [6.45, 7) is 5.54. The molecule has 0 aliphatic heterocycles. The van der Waals surface area contributed by atoms with E-state index in [1.807, 2.05) is 0 Å². The molecule has 3 N–H and O–H groups in total. The van der Waals surface area contributed by atoms with Crippen molar-refractivity contribution in [3.63, 3.8) is 0 Å². The molecule has 0 unspecified atom stereocenters. The zero-order chi connectivity index (χ0) is 14.5. The number of carbonyl (C=O) groups is 1. The second-order valence-corrected chi connectivity index (χ2v) is 5.09. The van der Waals surface area contributed by atoms with Gasteiger partial charge in [0.15, 0.2) is 5.15 Å². The molecule has 0 saturated carbocycles. The number of aromatic nitrogens is 1. The predicted molar refractivity (Wildman–Crippen MR) is 74.8 cm³/mol. The van der Waals surface area contributed by atoms with E-state index >= 15 is 0 Å². The van der Waals surface area contributed by atoms with E-state index in [4.69, 9.17) is 22.1 Å². The number of anilines is 1. The first kappa shape index (κ1) is 15.1. The molecule has 0 bridgehead atoms. The van der Waals surface area contributed by atoms with Crippen molar-refractivity contribution in [3.8, 4) is 11.8 Å². The average molecular weight is 282 g/mol. The fourth-order valence-corrected chi connectivity index (χ4v) is 1.23. The summed E-state index contributed by atoms with van der Waals surface area (Å²) in [5.41, 5.74) is 5.89. The number of rotatable bonds is 1. The van der Waals surface area contributed by atoms with E-state index in [1.165, 1.54) is 0 Å². The third-order valence-corrected chi connectivity index (χ3v) is 2.12. The van der Waals surface area contributed by atoms with Crippen LogP contribution in [0.15, 0.2) is 12.1 Å². The highest BCUT2D eigenvalue weighted by atomic mass is 35.5. The number of halogens is 1. The lowest BCUT2D eigenvalue weighted by Crippen LogP contribution is -2.32. The van der Waals surface area contributed by atoms with Gasteiger partial charge in [0.05, 0.1) is 12.2 Å². The van der Waals surface area contributed by atoms with Gasteiger partial charge in [-0.3, -0.25) is 0 Å². The molecule has 6 heteroatoms. The summed E-state index contributed by atoms with van der Waals surface area (Å²) in [4.78, 5) is 15.3. The summed E-state index contributed by atoms with van der Waals surface area (Å²) in [5.74, 6) is 5.50. The fourth-order valence-electron chi connectivity index (χ4n) is 1.08. The van der Waals surface area contributed by atoms with Gasteiger partial charge in [-0.05, 0) is 38.8 Å². The van der Waals surface area contributed by atoms with Crippen molar-refractivity contribution < 1.29 is 9.53 Å². The van der Waals surface area contributed by atoms with E-state index in [0.717, 1.165) is 0 Å². The van der Waals surface area contributed by atoms with Gasteiger partial charge in [0, 0.05) is 0 Å². The topological polar surface area (TPSA) is 77.2 Å². The second kappa shape index (κ2) is 6.30. The minimum Gasteiger partial charge on any atom is -0.444 e. The minimum absolute atomic E-state index is 0.165. The first-order valence-electron chi connectivity index (χ1n) is 5.66. The standard InChI is InChI=1S/C13H16ClN3O2/c1-13(2,3)19-12(18)16-8-4-5-9-6-7-10(15)11(14)17-9/h6-7H,8,15H2,1-3H3,(H,16,18). The number of hydrogen-bond acceptors (Lipinski definition) is 4. The highest BCUT2D eigenvalue weighted by molar-refractivity contribution is 6.31. The molecule has 0 atom stereocenters. The number of hydrogen-bond donors (Lipinski definition) is 2. The number of pyridine rings is 1. The highest BCUT2D eigenvalue weighted by Gasteiger charge is 2.14. The zero-order valence-corrected chi connectivity index (χ0v) is 11.8. The molecule has 0 aromatic carbocycles. The van der Waals surface area contributed by atoms with Gasteiger partial charge in [-0.25, -0.2) is 9.78 Å². The Morgan fingerprint density at radius 3 is 2.79 bits per heavy atom. The number of nitrogens with one attached hydrogen (secondary N) is 1. The number of nitrogen functional groups attached to an aromatic ring is 1. The molecular weight excluding hydrogens is 266 g/mol. The van der Waals surface area contributed by atoms with E-state index in [-0.39, 0.29) is 11.7 Å². The number of nitrogens with zero attached hydrogens (tertiary/aromatic N) is 1. The quantitative estimate of drug-likeness (QED) is 0.611. The summed E-state index contributed by atoms with van der Waals surface area (Å²) < 4.78 is 5.05. The van der Waals surface area contributed by atoms with Crippen molar-refractivity contribution in [2.45, 2.75) is 26.4 Å². The number of carbonyl (C=O) groups excluding carboxylic acids is 1. The van der Waals surface area contributed by atoms with Crippen LogP contribution in [-0.2, 0) is 4.74 Å². The number of alkyl carbamates (subject to hydrolysis) is 1. The van der Waals surface area contributed by atoms with Crippen LogP contribution in [0.25, 0.3) is 0 Å².